The molecule has 5 aromatic carbocycles. The van der Waals surface area contributed by atoms with E-state index >= 15 is 0 Å². The van der Waals surface area contributed by atoms with Crippen LogP contribution in [0.5, 0.6) is 0 Å². The van der Waals surface area contributed by atoms with Crippen LogP contribution in [0, 0.1) is 10.8 Å². The van der Waals surface area contributed by atoms with Crippen molar-refractivity contribution in [2.24, 2.45) is 10.8 Å². The third-order valence-corrected chi connectivity index (χ3v) is 20.9. The van der Waals surface area contributed by atoms with Gasteiger partial charge in [0.05, 0.1) is 11.4 Å². The zero-order valence-corrected chi connectivity index (χ0v) is 46.2. The number of benzene rings is 5. The van der Waals surface area contributed by atoms with Crippen molar-refractivity contribution in [3.8, 4) is 44.8 Å². The normalized spacial score (nSPS) is 22.2. The van der Waals surface area contributed by atoms with Gasteiger partial charge in [0.15, 0.2) is 0 Å². The number of aromatic nitrogens is 2. The van der Waals surface area contributed by atoms with Gasteiger partial charge in [0.1, 0.15) is 0 Å². The van der Waals surface area contributed by atoms with Gasteiger partial charge in [-0.3, -0.25) is 9.97 Å². The molecular weight excluding hydrogens is 880 g/mol. The first-order chi connectivity index (χ1) is 33.3. The molecule has 71 heavy (non-hydrogen) atoms. The second kappa shape index (κ2) is 16.9. The minimum Gasteiger partial charge on any atom is -0.256 e. The lowest BCUT2D eigenvalue weighted by atomic mass is 9.59. The molecule has 0 amide bonds. The van der Waals surface area contributed by atoms with Crippen molar-refractivity contribution in [2.75, 3.05) is 0 Å². The summed E-state index contributed by atoms with van der Waals surface area (Å²) in [7, 11) is 0. The van der Waals surface area contributed by atoms with Crippen molar-refractivity contribution in [3.63, 3.8) is 0 Å². The van der Waals surface area contributed by atoms with Crippen molar-refractivity contribution in [2.45, 2.75) is 168 Å². The zero-order valence-electron chi connectivity index (χ0n) is 45.4. The number of nitrogens with zero attached hydrogens (tertiary/aromatic N) is 2. The lowest BCUT2D eigenvalue weighted by Crippen LogP contribution is -2.42. The molecule has 2 heterocycles. The van der Waals surface area contributed by atoms with E-state index in [-0.39, 0.29) is 49.7 Å². The van der Waals surface area contributed by atoms with Gasteiger partial charge in [-0.05, 0) is 161 Å². The number of hydrogen-bond donors (Lipinski definition) is 0. The third-order valence-electron chi connectivity index (χ3n) is 20.5. The van der Waals surface area contributed by atoms with Crippen molar-refractivity contribution in [3.05, 3.63) is 189 Å². The highest BCUT2D eigenvalue weighted by Gasteiger charge is 2.58. The third kappa shape index (κ3) is 7.70. The van der Waals surface area contributed by atoms with Crippen LogP contribution in [0.2, 0.25) is 5.02 Å². The van der Waals surface area contributed by atoms with Gasteiger partial charge in [0, 0.05) is 39.7 Å². The average molecular weight is 958 g/mol. The van der Waals surface area contributed by atoms with Crippen LogP contribution in [-0.4, -0.2) is 9.97 Å². The summed E-state index contributed by atoms with van der Waals surface area (Å²) in [6.45, 7) is 36.0. The molecular formula is C68H77ClN2. The number of pyridine rings is 2. The highest BCUT2D eigenvalue weighted by Crippen LogP contribution is 2.63. The van der Waals surface area contributed by atoms with Gasteiger partial charge in [0.2, 0.25) is 0 Å². The number of hydrogen-bond acceptors (Lipinski definition) is 2. The van der Waals surface area contributed by atoms with Gasteiger partial charge in [-0.2, -0.15) is 0 Å². The van der Waals surface area contributed by atoms with Crippen LogP contribution in [0.15, 0.2) is 140 Å². The van der Waals surface area contributed by atoms with Crippen LogP contribution in [0.25, 0.3) is 44.8 Å². The van der Waals surface area contributed by atoms with E-state index < -0.39 is 0 Å². The van der Waals surface area contributed by atoms with Crippen molar-refractivity contribution < 1.29 is 0 Å². The number of rotatable bonds is 7. The van der Waals surface area contributed by atoms with E-state index in [0.29, 0.717) is 5.92 Å². The Morgan fingerprint density at radius 3 is 1.28 bits per heavy atom. The molecule has 2 aromatic heterocycles. The summed E-state index contributed by atoms with van der Waals surface area (Å²) in [4.78, 5) is 10.5. The van der Waals surface area contributed by atoms with E-state index in [2.05, 4.69) is 244 Å². The van der Waals surface area contributed by atoms with Gasteiger partial charge in [-0.15, -0.1) is 0 Å². The Hall–Kier alpha value is -5.31. The van der Waals surface area contributed by atoms with Crippen molar-refractivity contribution in [1.29, 1.82) is 0 Å². The average Bonchev–Trinajstić information content (AvgIpc) is 3.52. The molecule has 3 unspecified atom stereocenters. The highest BCUT2D eigenvalue weighted by atomic mass is 35.5. The number of halogens is 1. The monoisotopic (exact) mass is 957 g/mol. The minimum atomic E-state index is -0.0118. The molecule has 0 spiro atoms. The summed E-state index contributed by atoms with van der Waals surface area (Å²) in [5.74, 6) is 0.873. The molecule has 3 aliphatic carbocycles. The molecule has 0 bridgehead atoms. The molecule has 366 valence electrons. The van der Waals surface area contributed by atoms with Crippen LogP contribution in [0.1, 0.15) is 185 Å². The quantitative estimate of drug-likeness (QED) is 0.159. The summed E-state index contributed by atoms with van der Waals surface area (Å²) in [6.07, 6.45) is 7.33. The van der Waals surface area contributed by atoms with Gasteiger partial charge >= 0.3 is 0 Å². The first kappa shape index (κ1) is 49.3. The molecule has 2 nitrogen and oxygen atoms in total. The van der Waals surface area contributed by atoms with Crippen LogP contribution in [0.3, 0.4) is 0 Å². The predicted octanol–water partition coefficient (Wildman–Crippen LogP) is 19.1. The molecule has 1 fully saturated rings. The second-order valence-corrected chi connectivity index (χ2v) is 26.5. The zero-order chi connectivity index (χ0) is 50.8. The molecule has 0 radical (unpaired) electrons. The Morgan fingerprint density at radius 2 is 0.817 bits per heavy atom. The van der Waals surface area contributed by atoms with Crippen molar-refractivity contribution >= 4 is 11.6 Å². The van der Waals surface area contributed by atoms with Crippen LogP contribution in [-0.2, 0) is 27.1 Å². The summed E-state index contributed by atoms with van der Waals surface area (Å²) in [5.41, 5.74) is 20.9. The van der Waals surface area contributed by atoms with Crippen LogP contribution in [0.4, 0.5) is 0 Å². The minimum absolute atomic E-state index is 0.0118. The lowest BCUT2D eigenvalue weighted by Gasteiger charge is -2.44. The Bertz CT molecular complexity index is 3170. The molecule has 0 N–H and O–H groups in total. The van der Waals surface area contributed by atoms with E-state index in [4.69, 9.17) is 21.6 Å². The first-order valence-electron chi connectivity index (χ1n) is 26.5. The second-order valence-electron chi connectivity index (χ2n) is 26.1. The van der Waals surface area contributed by atoms with E-state index in [1.54, 1.807) is 0 Å². The van der Waals surface area contributed by atoms with Gasteiger partial charge in [0.25, 0.3) is 0 Å². The largest absolute Gasteiger partial charge is 0.256 e. The van der Waals surface area contributed by atoms with Gasteiger partial charge in [-0.25, -0.2) is 0 Å². The smallest absolute Gasteiger partial charge is 0.0702 e. The molecule has 0 saturated heterocycles. The Kier molecular flexibility index (Phi) is 11.7. The maximum atomic E-state index is 7.13. The Labute approximate surface area is 432 Å². The van der Waals surface area contributed by atoms with Crippen LogP contribution < -0.4 is 0 Å². The molecule has 7 aromatic rings. The lowest BCUT2D eigenvalue weighted by molar-refractivity contribution is 0.125. The van der Waals surface area contributed by atoms with Gasteiger partial charge < -0.3 is 0 Å². The standard InChI is InChI=1S/C68H77ClN2/c1-62(2,3)49-28-29-52(54(39-49)45-27-33-61(71-41-45)43-25-31-56-58(38-43)66(10,11)68(14,15)64(56,6)7)47-34-46(35-48(36-47)53-22-18-19-23-59(53)69)51-21-17-16-20-50(51)44-26-32-60(70-40-44)42-24-30-55-57(37-42)65(8,9)67(12,13)63(55,4)5/h16-33,37-41,46-48H,34-36H2,1-15H3. The molecule has 0 aliphatic heterocycles. The van der Waals surface area contributed by atoms with Gasteiger partial charge in [-0.1, -0.05) is 213 Å². The SMILES string of the molecule is CC(C)(C)c1ccc(C2CC(c3ccccc3Cl)CC(c3ccccc3-c3ccc(-c4ccc5c(c4)C(C)(C)C(C)(C)C5(C)C)nc3)C2)c(-c2ccc(-c3ccc4c(c3)C(C)(C)C(C)(C)C4(C)C)nc2)c1. The number of fused-ring (bicyclic) bond motifs is 2. The fourth-order valence-corrected chi connectivity index (χ4v) is 13.8. The summed E-state index contributed by atoms with van der Waals surface area (Å²) >= 11 is 7.13. The summed E-state index contributed by atoms with van der Waals surface area (Å²) in [6, 6.07) is 48.2. The first-order valence-corrected chi connectivity index (χ1v) is 26.9. The van der Waals surface area contributed by atoms with E-state index in [9.17, 15) is 0 Å². The Morgan fingerprint density at radius 1 is 0.408 bits per heavy atom. The molecule has 3 atom stereocenters. The maximum Gasteiger partial charge on any atom is 0.0702 e. The van der Waals surface area contributed by atoms with Crippen molar-refractivity contribution in [1.82, 2.24) is 9.97 Å². The molecule has 3 heteroatoms. The summed E-state index contributed by atoms with van der Waals surface area (Å²) in [5, 5.41) is 0.859. The topological polar surface area (TPSA) is 25.8 Å². The fourth-order valence-electron chi connectivity index (χ4n) is 13.5. The van der Waals surface area contributed by atoms with E-state index in [1.165, 1.54) is 72.3 Å². The highest BCUT2D eigenvalue weighted by molar-refractivity contribution is 6.31. The Balaban J connectivity index is 1.01. The fraction of sp³-hybridized carbons (Fsp3) is 0.412. The van der Waals surface area contributed by atoms with E-state index in [1.807, 2.05) is 0 Å². The maximum absolute atomic E-state index is 7.13. The molecule has 10 rings (SSSR count). The van der Waals surface area contributed by atoms with Crippen LogP contribution >= 0.6 is 11.6 Å². The molecule has 3 aliphatic rings. The summed E-state index contributed by atoms with van der Waals surface area (Å²) < 4.78 is 0. The molecule has 1 saturated carbocycles. The van der Waals surface area contributed by atoms with E-state index in [0.717, 1.165) is 41.2 Å². The predicted molar refractivity (Wildman–Crippen MR) is 302 cm³/mol.